The molecule has 0 bridgehead atoms. The molecule has 0 atom stereocenters. The van der Waals surface area contributed by atoms with Crippen LogP contribution in [-0.2, 0) is 11.4 Å². The molecule has 0 aromatic heterocycles. The number of rotatable bonds is 5. The molecule has 1 N–H and O–H groups in total. The molecule has 3 rings (SSSR count). The number of carboxylic acid groups (broad SMARTS) is 1. The van der Waals surface area contributed by atoms with Gasteiger partial charge in [-0.3, -0.25) is 14.9 Å². The van der Waals surface area contributed by atoms with Crippen molar-refractivity contribution in [2.24, 2.45) is 0 Å². The zero-order valence-electron chi connectivity index (χ0n) is 13.2. The van der Waals surface area contributed by atoms with Crippen LogP contribution in [0, 0.1) is 3.57 Å². The number of carbonyl (C=O) groups excluding carboxylic acids is 3. The first-order chi connectivity index (χ1) is 12.4. The fourth-order valence-corrected chi connectivity index (χ4v) is 3.57. The van der Waals surface area contributed by atoms with Gasteiger partial charge in [0.2, 0.25) is 0 Å². The van der Waals surface area contributed by atoms with E-state index in [4.69, 9.17) is 4.74 Å². The summed E-state index contributed by atoms with van der Waals surface area (Å²) in [6.07, 6.45) is 1.65. The predicted octanol–water partition coefficient (Wildman–Crippen LogP) is 2.56. The van der Waals surface area contributed by atoms with Gasteiger partial charge >= 0.3 is 0 Å². The van der Waals surface area contributed by atoms with Crippen LogP contribution < -0.4 is 15.2 Å². The van der Waals surface area contributed by atoms with E-state index in [-0.39, 0.29) is 17.4 Å². The van der Waals surface area contributed by atoms with E-state index < -0.39 is 11.9 Å². The standard InChI is InChI=1S/C18H12INO5S/c19-13-7-11(8-15-16(21)20-18(24)26-15)3-6-14(13)25-9-10-1-4-12(5-2-10)17(22)23/h1-8H,9H2,(H,22,23)(H,20,21,24)/p-1/b15-8-. The average Bonchev–Trinajstić information content (AvgIpc) is 2.91. The minimum absolute atomic E-state index is 0.119. The molecule has 1 fully saturated rings. The Morgan fingerprint density at radius 2 is 1.92 bits per heavy atom. The number of thioether (sulfide) groups is 1. The SMILES string of the molecule is O=C1NC(=O)/C(=C/c2ccc(OCc3ccc(C(=O)[O-])cc3)c(I)c2)S1. The topological polar surface area (TPSA) is 95.5 Å². The molecule has 0 unspecified atom stereocenters. The fraction of sp³-hybridized carbons (Fsp3) is 0.0556. The lowest BCUT2D eigenvalue weighted by atomic mass is 10.1. The number of imide groups is 1. The highest BCUT2D eigenvalue weighted by Crippen LogP contribution is 2.28. The van der Waals surface area contributed by atoms with Crippen molar-refractivity contribution in [2.45, 2.75) is 6.61 Å². The number of halogens is 1. The van der Waals surface area contributed by atoms with Crippen LogP contribution >= 0.6 is 34.4 Å². The first-order valence-corrected chi connectivity index (χ1v) is 9.29. The number of ether oxygens (including phenoxy) is 1. The van der Waals surface area contributed by atoms with Crippen LogP contribution in [0.3, 0.4) is 0 Å². The summed E-state index contributed by atoms with van der Waals surface area (Å²) in [4.78, 5) is 33.9. The van der Waals surface area contributed by atoms with Crippen molar-refractivity contribution in [3.8, 4) is 5.75 Å². The highest BCUT2D eigenvalue weighted by atomic mass is 127. The highest BCUT2D eigenvalue weighted by Gasteiger charge is 2.24. The third-order valence-corrected chi connectivity index (χ3v) is 5.13. The van der Waals surface area contributed by atoms with Gasteiger partial charge in [-0.2, -0.15) is 0 Å². The molecule has 0 spiro atoms. The van der Waals surface area contributed by atoms with Crippen molar-refractivity contribution in [3.05, 3.63) is 67.6 Å². The maximum absolute atomic E-state index is 11.6. The zero-order valence-corrected chi connectivity index (χ0v) is 16.1. The van der Waals surface area contributed by atoms with Crippen molar-refractivity contribution in [1.29, 1.82) is 0 Å². The molecular weight excluding hydrogens is 469 g/mol. The van der Waals surface area contributed by atoms with Gasteiger partial charge in [-0.25, -0.2) is 0 Å². The van der Waals surface area contributed by atoms with Gasteiger partial charge in [0.05, 0.1) is 14.4 Å². The number of nitrogens with one attached hydrogen (secondary N) is 1. The van der Waals surface area contributed by atoms with Crippen LogP contribution in [0.15, 0.2) is 47.4 Å². The van der Waals surface area contributed by atoms with Gasteiger partial charge < -0.3 is 14.6 Å². The molecule has 1 aliphatic rings. The lowest BCUT2D eigenvalue weighted by Gasteiger charge is -2.10. The molecule has 1 heterocycles. The highest BCUT2D eigenvalue weighted by molar-refractivity contribution is 14.1. The second-order valence-corrected chi connectivity index (χ2v) is 7.49. The third-order valence-electron chi connectivity index (χ3n) is 3.48. The quantitative estimate of drug-likeness (QED) is 0.522. The van der Waals surface area contributed by atoms with Gasteiger partial charge in [0.1, 0.15) is 12.4 Å². The molecule has 0 saturated carbocycles. The number of carboxylic acids is 1. The fourth-order valence-electron chi connectivity index (χ4n) is 2.19. The van der Waals surface area contributed by atoms with Crippen molar-refractivity contribution in [2.75, 3.05) is 0 Å². The zero-order chi connectivity index (χ0) is 18.7. The monoisotopic (exact) mass is 480 g/mol. The molecule has 132 valence electrons. The third kappa shape index (κ3) is 4.44. The Morgan fingerprint density at radius 3 is 2.50 bits per heavy atom. The van der Waals surface area contributed by atoms with Crippen LogP contribution in [-0.4, -0.2) is 17.1 Å². The Kier molecular flexibility index (Phi) is 5.62. The van der Waals surface area contributed by atoms with Gasteiger partial charge in [0.25, 0.3) is 11.1 Å². The number of aromatic carboxylic acids is 1. The first-order valence-electron chi connectivity index (χ1n) is 7.40. The number of hydrogen-bond acceptors (Lipinski definition) is 6. The molecule has 0 radical (unpaired) electrons. The van der Waals surface area contributed by atoms with E-state index in [2.05, 4.69) is 27.9 Å². The van der Waals surface area contributed by atoms with Crippen LogP contribution in [0.5, 0.6) is 5.75 Å². The van der Waals surface area contributed by atoms with Crippen LogP contribution in [0.4, 0.5) is 4.79 Å². The minimum Gasteiger partial charge on any atom is -0.545 e. The average molecular weight is 480 g/mol. The Balaban J connectivity index is 1.68. The van der Waals surface area contributed by atoms with Crippen molar-refractivity contribution in [1.82, 2.24) is 5.32 Å². The molecular formula is C18H11INO5S-. The Hall–Kier alpha value is -2.33. The Labute approximate surface area is 166 Å². The lowest BCUT2D eigenvalue weighted by Crippen LogP contribution is -2.22. The second kappa shape index (κ2) is 7.92. The van der Waals surface area contributed by atoms with Gasteiger partial charge in [0, 0.05) is 0 Å². The smallest absolute Gasteiger partial charge is 0.290 e. The summed E-state index contributed by atoms with van der Waals surface area (Å²) in [5, 5.41) is 12.6. The summed E-state index contributed by atoms with van der Waals surface area (Å²) in [6, 6.07) is 11.7. The Bertz CT molecular complexity index is 924. The summed E-state index contributed by atoms with van der Waals surface area (Å²) >= 11 is 2.99. The molecule has 2 aromatic carbocycles. The van der Waals surface area contributed by atoms with Gasteiger partial charge in [-0.15, -0.1) is 0 Å². The number of hydrogen-bond donors (Lipinski definition) is 1. The lowest BCUT2D eigenvalue weighted by molar-refractivity contribution is -0.255. The summed E-state index contributed by atoms with van der Waals surface area (Å²) < 4.78 is 6.60. The predicted molar refractivity (Wildman–Crippen MR) is 103 cm³/mol. The molecule has 0 aliphatic carbocycles. The Morgan fingerprint density at radius 1 is 1.19 bits per heavy atom. The van der Waals surface area contributed by atoms with Crippen LogP contribution in [0.2, 0.25) is 0 Å². The molecule has 8 heteroatoms. The van der Waals surface area contributed by atoms with E-state index in [1.165, 1.54) is 12.1 Å². The maximum atomic E-state index is 11.6. The summed E-state index contributed by atoms with van der Waals surface area (Å²) in [5.74, 6) is -0.945. The van der Waals surface area contributed by atoms with E-state index >= 15 is 0 Å². The normalized spacial score (nSPS) is 15.2. The largest absolute Gasteiger partial charge is 0.545 e. The minimum atomic E-state index is -1.22. The molecule has 6 nitrogen and oxygen atoms in total. The van der Waals surface area contributed by atoms with E-state index in [0.717, 1.165) is 26.5 Å². The van der Waals surface area contributed by atoms with E-state index in [1.807, 2.05) is 6.07 Å². The molecule has 2 aromatic rings. The summed E-state index contributed by atoms with van der Waals surface area (Å²) in [7, 11) is 0. The number of amides is 2. The van der Waals surface area contributed by atoms with E-state index in [1.54, 1.807) is 30.3 Å². The summed E-state index contributed by atoms with van der Waals surface area (Å²) in [5.41, 5.74) is 1.73. The molecule has 1 saturated heterocycles. The molecule has 2 amide bonds. The van der Waals surface area contributed by atoms with Crippen molar-refractivity contribution >= 4 is 57.5 Å². The maximum Gasteiger partial charge on any atom is 0.290 e. The van der Waals surface area contributed by atoms with Gasteiger partial charge in [-0.1, -0.05) is 30.3 Å². The van der Waals surface area contributed by atoms with Gasteiger partial charge in [-0.05, 0) is 69.3 Å². The number of carbonyl (C=O) groups is 3. The number of benzene rings is 2. The summed E-state index contributed by atoms with van der Waals surface area (Å²) in [6.45, 7) is 0.288. The second-order valence-electron chi connectivity index (χ2n) is 5.32. The van der Waals surface area contributed by atoms with E-state index in [9.17, 15) is 19.5 Å². The van der Waals surface area contributed by atoms with Gasteiger partial charge in [0.15, 0.2) is 0 Å². The van der Waals surface area contributed by atoms with Crippen molar-refractivity contribution < 1.29 is 24.2 Å². The van der Waals surface area contributed by atoms with Crippen LogP contribution in [0.25, 0.3) is 6.08 Å². The molecule has 1 aliphatic heterocycles. The van der Waals surface area contributed by atoms with Crippen molar-refractivity contribution in [3.63, 3.8) is 0 Å². The van der Waals surface area contributed by atoms with Crippen LogP contribution in [0.1, 0.15) is 21.5 Å². The van der Waals surface area contributed by atoms with E-state index in [0.29, 0.717) is 10.7 Å². The molecule has 26 heavy (non-hydrogen) atoms. The first kappa shape index (κ1) is 18.5.